The number of carbonyl (C=O) groups excluding carboxylic acids is 3. The van der Waals surface area contributed by atoms with Crippen LogP contribution in [0.5, 0.6) is 5.75 Å². The van der Waals surface area contributed by atoms with Gasteiger partial charge < -0.3 is 59.9 Å². The first kappa shape index (κ1) is 35.4. The van der Waals surface area contributed by atoms with Crippen molar-refractivity contribution in [2.75, 3.05) is 13.1 Å². The van der Waals surface area contributed by atoms with E-state index in [1.54, 1.807) is 12.1 Å². The summed E-state index contributed by atoms with van der Waals surface area (Å²) in [4.78, 5) is 58.5. The van der Waals surface area contributed by atoms with Crippen LogP contribution in [0.4, 0.5) is 0 Å². The molecule has 1 aromatic carbocycles. The SMILES string of the molecule is CC(O)C(NC(=O)C(CCCN=C(N)N)NC(=O)C(Cc1ccc(O)cc1)NC(=O)C(N)CCCN=C(N)N)C(=O)O. The highest BCUT2D eigenvalue weighted by molar-refractivity contribution is 5.94. The van der Waals surface area contributed by atoms with Crippen molar-refractivity contribution in [3.8, 4) is 5.75 Å². The minimum Gasteiger partial charge on any atom is -0.508 e. The molecule has 1 aromatic rings. The quantitative estimate of drug-likeness (QED) is 0.0444. The number of aliphatic imine (C=N–C) groups is 2. The van der Waals surface area contributed by atoms with Gasteiger partial charge in [-0.3, -0.25) is 24.4 Å². The van der Waals surface area contributed by atoms with E-state index in [9.17, 15) is 34.5 Å². The van der Waals surface area contributed by atoms with Gasteiger partial charge in [-0.1, -0.05) is 12.1 Å². The molecule has 17 heteroatoms. The van der Waals surface area contributed by atoms with E-state index in [0.29, 0.717) is 12.0 Å². The van der Waals surface area contributed by atoms with E-state index in [1.807, 2.05) is 0 Å². The van der Waals surface area contributed by atoms with Gasteiger partial charge in [-0.15, -0.1) is 0 Å². The predicted molar refractivity (Wildman–Crippen MR) is 155 cm³/mol. The average Bonchev–Trinajstić information content (AvgIpc) is 2.91. The molecule has 0 saturated carbocycles. The number of phenolic OH excluding ortho intramolecular Hbond substituents is 1. The van der Waals surface area contributed by atoms with Crippen molar-refractivity contribution in [3.63, 3.8) is 0 Å². The minimum atomic E-state index is -1.64. The number of phenols is 1. The molecular weight excluding hydrogens is 552 g/mol. The lowest BCUT2D eigenvalue weighted by molar-refractivity contribution is -0.145. The van der Waals surface area contributed by atoms with E-state index in [1.165, 1.54) is 19.1 Å². The van der Waals surface area contributed by atoms with Crippen LogP contribution in [-0.4, -0.2) is 94.3 Å². The van der Waals surface area contributed by atoms with Crippen LogP contribution in [0.25, 0.3) is 0 Å². The Morgan fingerprint density at radius 3 is 1.81 bits per heavy atom. The van der Waals surface area contributed by atoms with Crippen LogP contribution in [0.3, 0.4) is 0 Å². The summed E-state index contributed by atoms with van der Waals surface area (Å²) in [5.74, 6) is -4.05. The van der Waals surface area contributed by atoms with Gasteiger partial charge in [-0.05, 0) is 50.3 Å². The Hall–Kier alpha value is -4.64. The maximum atomic E-state index is 13.4. The van der Waals surface area contributed by atoms with Crippen molar-refractivity contribution >= 4 is 35.6 Å². The molecule has 0 aromatic heterocycles. The standard InChI is InChI=1S/C25H42N10O7/c1-13(36)19(23(41)42)35-21(39)17(5-3-11-32-25(29)30)33-22(40)18(12-14-6-8-15(37)9-7-14)34-20(38)16(26)4-2-10-31-24(27)28/h6-9,13,16-19,36-37H,2-5,10-12,26H2,1H3,(H,33,40)(H,34,38)(H,35,39)(H,41,42)(H4,27,28,31)(H4,29,30,32). The third-order valence-electron chi connectivity index (χ3n) is 5.94. The summed E-state index contributed by atoms with van der Waals surface area (Å²) in [5.41, 5.74) is 27.8. The number of hydrogen-bond acceptors (Lipinski definition) is 9. The van der Waals surface area contributed by atoms with Crippen LogP contribution >= 0.6 is 0 Å². The summed E-state index contributed by atoms with van der Waals surface area (Å²) < 4.78 is 0. The van der Waals surface area contributed by atoms with E-state index in [2.05, 4.69) is 25.9 Å². The number of benzene rings is 1. The summed E-state index contributed by atoms with van der Waals surface area (Å²) in [6.07, 6.45) is -0.649. The molecule has 3 amide bonds. The highest BCUT2D eigenvalue weighted by Crippen LogP contribution is 2.12. The summed E-state index contributed by atoms with van der Waals surface area (Å²) in [7, 11) is 0. The maximum Gasteiger partial charge on any atom is 0.328 e. The number of amides is 3. The van der Waals surface area contributed by atoms with Crippen molar-refractivity contribution in [2.24, 2.45) is 38.7 Å². The molecule has 5 atom stereocenters. The fourth-order valence-corrected chi connectivity index (χ4v) is 3.69. The first-order valence-electron chi connectivity index (χ1n) is 13.2. The number of hydrogen-bond donors (Lipinski definition) is 11. The summed E-state index contributed by atoms with van der Waals surface area (Å²) >= 11 is 0. The van der Waals surface area contributed by atoms with Gasteiger partial charge in [0.15, 0.2) is 18.0 Å². The second-order valence-electron chi connectivity index (χ2n) is 9.56. The number of carboxylic acids is 1. The lowest BCUT2D eigenvalue weighted by atomic mass is 10.0. The van der Waals surface area contributed by atoms with Crippen LogP contribution in [0.1, 0.15) is 38.2 Å². The molecule has 0 radical (unpaired) electrons. The number of nitrogens with zero attached hydrogens (tertiary/aromatic N) is 2. The summed E-state index contributed by atoms with van der Waals surface area (Å²) in [6, 6.07) is 0.778. The molecular formula is C25H42N10O7. The van der Waals surface area contributed by atoms with E-state index < -0.39 is 54.0 Å². The predicted octanol–water partition coefficient (Wildman–Crippen LogP) is -3.71. The Morgan fingerprint density at radius 1 is 0.810 bits per heavy atom. The highest BCUT2D eigenvalue weighted by atomic mass is 16.4. The second-order valence-corrected chi connectivity index (χ2v) is 9.56. The smallest absolute Gasteiger partial charge is 0.328 e. The van der Waals surface area contributed by atoms with Crippen molar-refractivity contribution in [1.82, 2.24) is 16.0 Å². The molecule has 0 saturated heterocycles. The number of rotatable bonds is 18. The van der Waals surface area contributed by atoms with Crippen LogP contribution in [0, 0.1) is 0 Å². The van der Waals surface area contributed by atoms with Gasteiger partial charge in [0.2, 0.25) is 17.7 Å². The molecule has 0 heterocycles. The number of carbonyl (C=O) groups is 4. The van der Waals surface area contributed by atoms with Crippen molar-refractivity contribution in [3.05, 3.63) is 29.8 Å². The summed E-state index contributed by atoms with van der Waals surface area (Å²) in [5, 5.41) is 36.1. The van der Waals surface area contributed by atoms with Gasteiger partial charge in [-0.2, -0.15) is 0 Å². The molecule has 0 fully saturated rings. The van der Waals surface area contributed by atoms with Crippen LogP contribution in [0.2, 0.25) is 0 Å². The minimum absolute atomic E-state index is 0.00445. The number of aliphatic hydroxyl groups is 1. The topological polar surface area (TPSA) is 320 Å². The molecule has 0 aliphatic heterocycles. The molecule has 1 rings (SSSR count). The molecule has 0 aliphatic carbocycles. The van der Waals surface area contributed by atoms with Crippen LogP contribution in [0.15, 0.2) is 34.3 Å². The first-order valence-corrected chi connectivity index (χ1v) is 13.2. The van der Waals surface area contributed by atoms with Gasteiger partial charge >= 0.3 is 5.97 Å². The van der Waals surface area contributed by atoms with Crippen molar-refractivity contribution < 1.29 is 34.5 Å². The van der Waals surface area contributed by atoms with Gasteiger partial charge in [-0.25, -0.2) is 4.79 Å². The zero-order chi connectivity index (χ0) is 31.8. The fourth-order valence-electron chi connectivity index (χ4n) is 3.69. The fraction of sp³-hybridized carbons (Fsp3) is 0.520. The number of nitrogens with two attached hydrogens (primary N) is 5. The number of carboxylic acid groups (broad SMARTS) is 1. The molecule has 0 aliphatic rings. The van der Waals surface area contributed by atoms with Gasteiger partial charge in [0.05, 0.1) is 12.1 Å². The normalized spacial score (nSPS) is 14.3. The summed E-state index contributed by atoms with van der Waals surface area (Å²) in [6.45, 7) is 1.56. The molecule has 0 bridgehead atoms. The van der Waals surface area contributed by atoms with E-state index in [4.69, 9.17) is 28.7 Å². The number of nitrogens with one attached hydrogen (secondary N) is 3. The van der Waals surface area contributed by atoms with Crippen molar-refractivity contribution in [1.29, 1.82) is 0 Å². The Labute approximate surface area is 243 Å². The Morgan fingerprint density at radius 2 is 1.31 bits per heavy atom. The van der Waals surface area contributed by atoms with E-state index in [0.717, 1.165) is 0 Å². The number of aromatic hydroxyl groups is 1. The molecule has 5 unspecified atom stereocenters. The Kier molecular flexibility index (Phi) is 15.1. The average molecular weight is 595 g/mol. The van der Waals surface area contributed by atoms with Crippen LogP contribution in [-0.2, 0) is 25.6 Å². The van der Waals surface area contributed by atoms with Crippen LogP contribution < -0.4 is 44.6 Å². The second kappa shape index (κ2) is 17.9. The van der Waals surface area contributed by atoms with Gasteiger partial charge in [0, 0.05) is 19.5 Å². The largest absolute Gasteiger partial charge is 0.508 e. The maximum absolute atomic E-state index is 13.4. The molecule has 0 spiro atoms. The molecule has 17 nitrogen and oxygen atoms in total. The third kappa shape index (κ3) is 13.6. The zero-order valence-electron chi connectivity index (χ0n) is 23.4. The number of guanidine groups is 2. The van der Waals surface area contributed by atoms with E-state index >= 15 is 0 Å². The first-order chi connectivity index (χ1) is 19.7. The monoisotopic (exact) mass is 594 g/mol. The Balaban J connectivity index is 3.15. The third-order valence-corrected chi connectivity index (χ3v) is 5.94. The van der Waals surface area contributed by atoms with Crippen molar-refractivity contribution in [2.45, 2.75) is 69.3 Å². The molecule has 42 heavy (non-hydrogen) atoms. The zero-order valence-corrected chi connectivity index (χ0v) is 23.4. The molecule has 234 valence electrons. The highest BCUT2D eigenvalue weighted by Gasteiger charge is 2.32. The molecule has 16 N–H and O–H groups in total. The lowest BCUT2D eigenvalue weighted by Gasteiger charge is -2.26. The lowest BCUT2D eigenvalue weighted by Crippen LogP contribution is -2.58. The Bertz CT molecular complexity index is 1100. The van der Waals surface area contributed by atoms with Gasteiger partial charge in [0.1, 0.15) is 17.8 Å². The number of aliphatic carboxylic acids is 1. The van der Waals surface area contributed by atoms with E-state index in [-0.39, 0.29) is 56.4 Å². The van der Waals surface area contributed by atoms with Gasteiger partial charge in [0.25, 0.3) is 0 Å². The number of aliphatic hydroxyl groups excluding tert-OH is 1.